The molecule has 0 atom stereocenters. The Kier molecular flexibility index (Phi) is 5.73. The number of anilines is 1. The highest BCUT2D eigenvalue weighted by Crippen LogP contribution is 2.37. The second-order valence-electron chi connectivity index (χ2n) is 5.94. The van der Waals surface area contributed by atoms with Crippen LogP contribution in [-0.2, 0) is 0 Å². The Balaban J connectivity index is 1.71. The summed E-state index contributed by atoms with van der Waals surface area (Å²) < 4.78 is 10.4. The van der Waals surface area contributed by atoms with Crippen LogP contribution in [0.5, 0.6) is 11.5 Å². The van der Waals surface area contributed by atoms with Gasteiger partial charge in [0.1, 0.15) is 0 Å². The number of nitro benzene ring substituents is 1. The largest absolute Gasteiger partial charge is 0.454 e. The molecule has 0 saturated heterocycles. The fourth-order valence-electron chi connectivity index (χ4n) is 2.85. The van der Waals surface area contributed by atoms with Gasteiger partial charge in [0, 0.05) is 24.3 Å². The van der Waals surface area contributed by atoms with E-state index >= 15 is 0 Å². The van der Waals surface area contributed by atoms with Gasteiger partial charge in [-0.1, -0.05) is 0 Å². The molecule has 28 heavy (non-hydrogen) atoms. The first-order valence-electron chi connectivity index (χ1n) is 8.80. The third kappa shape index (κ3) is 4.03. The van der Waals surface area contributed by atoms with E-state index in [-0.39, 0.29) is 18.0 Å². The highest BCUT2D eigenvalue weighted by Gasteiger charge is 2.22. The van der Waals surface area contributed by atoms with E-state index in [9.17, 15) is 14.9 Å². The van der Waals surface area contributed by atoms with Gasteiger partial charge in [0.25, 0.3) is 11.6 Å². The van der Waals surface area contributed by atoms with Gasteiger partial charge < -0.3 is 14.4 Å². The molecule has 1 aliphatic rings. The number of ether oxygens (including phenoxy) is 2. The van der Waals surface area contributed by atoms with Crippen molar-refractivity contribution in [2.45, 2.75) is 13.8 Å². The number of carbonyl (C=O) groups excluding carboxylic acids is 1. The number of nitrogens with zero attached hydrogens (tertiary/aromatic N) is 3. The van der Waals surface area contributed by atoms with Crippen LogP contribution in [0.3, 0.4) is 0 Å². The molecule has 0 spiro atoms. The Hall–Kier alpha value is -3.62. The van der Waals surface area contributed by atoms with Crippen LogP contribution in [0.25, 0.3) is 0 Å². The fraction of sp³-hybridized carbons (Fsp3) is 0.263. The van der Waals surface area contributed by atoms with Crippen LogP contribution in [0.15, 0.2) is 41.5 Å². The number of hydrogen-bond acceptors (Lipinski definition) is 7. The maximum Gasteiger partial charge on any atom is 0.282 e. The van der Waals surface area contributed by atoms with Crippen LogP contribution < -0.4 is 19.8 Å². The van der Waals surface area contributed by atoms with Gasteiger partial charge in [-0.25, -0.2) is 5.43 Å². The van der Waals surface area contributed by atoms with Gasteiger partial charge in [-0.2, -0.15) is 5.10 Å². The minimum absolute atomic E-state index is 0.00725. The van der Waals surface area contributed by atoms with E-state index in [0.717, 1.165) is 18.8 Å². The number of amides is 1. The summed E-state index contributed by atoms with van der Waals surface area (Å²) in [5, 5.41) is 15.1. The molecule has 0 aromatic heterocycles. The smallest absolute Gasteiger partial charge is 0.282 e. The molecule has 1 heterocycles. The van der Waals surface area contributed by atoms with Crippen molar-refractivity contribution in [2.24, 2.45) is 5.10 Å². The summed E-state index contributed by atoms with van der Waals surface area (Å²) in [6.45, 7) is 5.89. The summed E-state index contributed by atoms with van der Waals surface area (Å²) >= 11 is 0. The molecule has 0 bridgehead atoms. The van der Waals surface area contributed by atoms with Crippen molar-refractivity contribution < 1.29 is 19.2 Å². The lowest BCUT2D eigenvalue weighted by Crippen LogP contribution is -2.22. The predicted molar refractivity (Wildman–Crippen MR) is 104 cm³/mol. The Morgan fingerprint density at radius 1 is 1.21 bits per heavy atom. The second kappa shape index (κ2) is 8.38. The molecule has 1 aliphatic heterocycles. The number of hydrogen-bond donors (Lipinski definition) is 1. The number of rotatable bonds is 7. The summed E-state index contributed by atoms with van der Waals surface area (Å²) in [5.74, 6) is 0.289. The lowest BCUT2D eigenvalue weighted by molar-refractivity contribution is -0.385. The Bertz CT molecular complexity index is 907. The molecule has 0 fully saturated rings. The Morgan fingerprint density at radius 3 is 2.46 bits per heavy atom. The van der Waals surface area contributed by atoms with Crippen molar-refractivity contribution in [1.29, 1.82) is 0 Å². The first-order valence-corrected chi connectivity index (χ1v) is 8.80. The lowest BCUT2D eigenvalue weighted by atomic mass is 10.1. The van der Waals surface area contributed by atoms with Gasteiger partial charge in [-0.15, -0.1) is 0 Å². The van der Waals surface area contributed by atoms with Gasteiger partial charge in [0.15, 0.2) is 11.5 Å². The SMILES string of the molecule is CCN(CC)c1ccc(C(=O)N/N=C\c2cc3c(cc2[N+](=O)[O-])OCO3)cc1. The predicted octanol–water partition coefficient (Wildman–Crippen LogP) is 2.93. The van der Waals surface area contributed by atoms with E-state index in [2.05, 4.69) is 29.3 Å². The molecule has 0 radical (unpaired) electrons. The van der Waals surface area contributed by atoms with Crippen LogP contribution >= 0.6 is 0 Å². The van der Waals surface area contributed by atoms with Gasteiger partial charge in [0.05, 0.1) is 22.8 Å². The van der Waals surface area contributed by atoms with Gasteiger partial charge in [-0.3, -0.25) is 14.9 Å². The number of nitrogens with one attached hydrogen (secondary N) is 1. The molecule has 9 nitrogen and oxygen atoms in total. The highest BCUT2D eigenvalue weighted by atomic mass is 16.7. The molecule has 146 valence electrons. The monoisotopic (exact) mass is 384 g/mol. The van der Waals surface area contributed by atoms with Crippen molar-refractivity contribution >= 4 is 23.5 Å². The van der Waals surface area contributed by atoms with E-state index in [1.165, 1.54) is 18.3 Å². The number of nitro groups is 1. The van der Waals surface area contributed by atoms with Crippen molar-refractivity contribution in [1.82, 2.24) is 5.43 Å². The molecule has 1 N–H and O–H groups in total. The molecule has 0 unspecified atom stereocenters. The standard InChI is InChI=1S/C19H20N4O5/c1-3-22(4-2)15-7-5-13(6-8-15)19(24)21-20-11-14-9-17-18(28-12-27-17)10-16(14)23(25)26/h5-11H,3-4,12H2,1-2H3,(H,21,24)/b20-11-. The Labute approximate surface area is 161 Å². The molecule has 9 heteroatoms. The molecule has 2 aromatic rings. The molecular weight excluding hydrogens is 364 g/mol. The maximum absolute atomic E-state index is 12.2. The zero-order valence-electron chi connectivity index (χ0n) is 15.5. The van der Waals surface area contributed by atoms with Crippen LogP contribution in [0, 0.1) is 10.1 Å². The van der Waals surface area contributed by atoms with Crippen molar-refractivity contribution in [3.63, 3.8) is 0 Å². The average Bonchev–Trinajstić information content (AvgIpc) is 3.16. The summed E-state index contributed by atoms with van der Waals surface area (Å²) in [7, 11) is 0. The van der Waals surface area contributed by atoms with Crippen LogP contribution in [-0.4, -0.2) is 36.9 Å². The van der Waals surface area contributed by atoms with Crippen LogP contribution in [0.2, 0.25) is 0 Å². The molecule has 0 saturated carbocycles. The zero-order chi connectivity index (χ0) is 20.1. The minimum Gasteiger partial charge on any atom is -0.454 e. The van der Waals surface area contributed by atoms with Crippen LogP contribution in [0.1, 0.15) is 29.8 Å². The zero-order valence-corrected chi connectivity index (χ0v) is 15.5. The first-order chi connectivity index (χ1) is 13.5. The first kappa shape index (κ1) is 19.2. The van der Waals surface area contributed by atoms with E-state index in [1.54, 1.807) is 12.1 Å². The summed E-state index contributed by atoms with van der Waals surface area (Å²) in [4.78, 5) is 25.1. The number of hydrazone groups is 1. The minimum atomic E-state index is -0.545. The summed E-state index contributed by atoms with van der Waals surface area (Å²) in [5.41, 5.74) is 3.86. The van der Waals surface area contributed by atoms with Gasteiger partial charge in [-0.05, 0) is 44.2 Å². The lowest BCUT2D eigenvalue weighted by Gasteiger charge is -2.20. The number of carbonyl (C=O) groups is 1. The maximum atomic E-state index is 12.2. The molecular formula is C19H20N4O5. The number of fused-ring (bicyclic) bond motifs is 1. The third-order valence-electron chi connectivity index (χ3n) is 4.35. The fourth-order valence-corrected chi connectivity index (χ4v) is 2.85. The van der Waals surface area contributed by atoms with Crippen molar-refractivity contribution in [3.8, 4) is 11.5 Å². The van der Waals surface area contributed by atoms with Crippen molar-refractivity contribution in [3.05, 3.63) is 57.6 Å². The van der Waals surface area contributed by atoms with E-state index < -0.39 is 10.8 Å². The molecule has 3 rings (SSSR count). The van der Waals surface area contributed by atoms with Gasteiger partial charge in [0.2, 0.25) is 6.79 Å². The molecule has 0 aliphatic carbocycles. The van der Waals surface area contributed by atoms with Crippen molar-refractivity contribution in [2.75, 3.05) is 24.8 Å². The number of benzene rings is 2. The summed E-state index contributed by atoms with van der Waals surface area (Å²) in [6.07, 6.45) is 1.21. The van der Waals surface area contributed by atoms with Crippen LogP contribution in [0.4, 0.5) is 11.4 Å². The van der Waals surface area contributed by atoms with E-state index in [1.807, 2.05) is 12.1 Å². The highest BCUT2D eigenvalue weighted by molar-refractivity contribution is 5.95. The topological polar surface area (TPSA) is 106 Å². The Morgan fingerprint density at radius 2 is 1.86 bits per heavy atom. The average molecular weight is 384 g/mol. The van der Waals surface area contributed by atoms with E-state index in [0.29, 0.717) is 17.1 Å². The second-order valence-corrected chi connectivity index (χ2v) is 5.94. The normalized spacial score (nSPS) is 12.2. The summed E-state index contributed by atoms with van der Waals surface area (Å²) in [6, 6.07) is 9.89. The van der Waals surface area contributed by atoms with E-state index in [4.69, 9.17) is 9.47 Å². The van der Waals surface area contributed by atoms with Gasteiger partial charge >= 0.3 is 0 Å². The molecule has 1 amide bonds. The third-order valence-corrected chi connectivity index (χ3v) is 4.35. The molecule has 2 aromatic carbocycles. The quantitative estimate of drug-likeness (QED) is 0.447.